The SMILES string of the molecule is CC(C)(C)OC(=O)N1CCC(n2cc3c(n2)C(=O)CCCOCCOc2cc(ccn2)-c2nc(cs2)C(=O)N3)CC1. The minimum atomic E-state index is -0.563. The van der Waals surface area contributed by atoms with Crippen molar-refractivity contribution in [2.45, 2.75) is 58.1 Å². The van der Waals surface area contributed by atoms with Crippen molar-refractivity contribution in [3.05, 3.63) is 41.3 Å². The highest BCUT2D eigenvalue weighted by atomic mass is 32.1. The molecule has 5 heterocycles. The number of piperidine rings is 1. The van der Waals surface area contributed by atoms with Gasteiger partial charge in [0.15, 0.2) is 11.5 Å². The number of pyridine rings is 1. The number of hydrogen-bond acceptors (Lipinski definition) is 10. The quantitative estimate of drug-likeness (QED) is 0.436. The van der Waals surface area contributed by atoms with Crippen LogP contribution in [0.15, 0.2) is 29.9 Å². The van der Waals surface area contributed by atoms with E-state index in [0.29, 0.717) is 68.7 Å². The number of ether oxygens (including phenoxy) is 3. The smallest absolute Gasteiger partial charge is 0.410 e. The van der Waals surface area contributed by atoms with Gasteiger partial charge in [-0.15, -0.1) is 11.3 Å². The number of thiazole rings is 1. The first-order valence-electron chi connectivity index (χ1n) is 13.7. The molecule has 3 aromatic heterocycles. The molecule has 13 heteroatoms. The van der Waals surface area contributed by atoms with Gasteiger partial charge in [0.25, 0.3) is 5.91 Å². The summed E-state index contributed by atoms with van der Waals surface area (Å²) in [5.41, 5.74) is 0.988. The number of carbonyl (C=O) groups is 3. The lowest BCUT2D eigenvalue weighted by atomic mass is 10.1. The zero-order chi connectivity index (χ0) is 29.0. The Labute approximate surface area is 242 Å². The fraction of sp³-hybridized carbons (Fsp3) is 0.500. The molecule has 5 rings (SSSR count). The number of anilines is 1. The van der Waals surface area contributed by atoms with Crippen molar-refractivity contribution < 1.29 is 28.6 Å². The molecule has 0 aliphatic carbocycles. The number of carbonyl (C=O) groups excluding carboxylic acids is 3. The minimum absolute atomic E-state index is 0.0393. The molecular formula is C28H34N6O6S. The summed E-state index contributed by atoms with van der Waals surface area (Å²) in [6.07, 6.45) is 4.99. The Balaban J connectivity index is 1.35. The molecule has 2 amide bonds. The van der Waals surface area contributed by atoms with Crippen molar-refractivity contribution in [3.63, 3.8) is 0 Å². The zero-order valence-electron chi connectivity index (χ0n) is 23.4. The van der Waals surface area contributed by atoms with Crippen molar-refractivity contribution in [3.8, 4) is 16.5 Å². The third-order valence-electron chi connectivity index (χ3n) is 6.62. The van der Waals surface area contributed by atoms with Crippen molar-refractivity contribution in [1.82, 2.24) is 24.6 Å². The third kappa shape index (κ3) is 7.27. The number of likely N-dealkylation sites (tertiary alicyclic amines) is 1. The van der Waals surface area contributed by atoms with E-state index in [-0.39, 0.29) is 35.7 Å². The second kappa shape index (κ2) is 12.4. The van der Waals surface area contributed by atoms with Crippen LogP contribution in [0.1, 0.15) is 73.5 Å². The summed E-state index contributed by atoms with van der Waals surface area (Å²) in [7, 11) is 0. The van der Waals surface area contributed by atoms with Crippen LogP contribution in [0.5, 0.6) is 5.88 Å². The van der Waals surface area contributed by atoms with Gasteiger partial charge in [-0.3, -0.25) is 14.3 Å². The van der Waals surface area contributed by atoms with Crippen molar-refractivity contribution in [1.29, 1.82) is 0 Å². The molecule has 0 saturated carbocycles. The maximum absolute atomic E-state index is 13.2. The molecule has 3 aromatic rings. The van der Waals surface area contributed by atoms with E-state index < -0.39 is 11.5 Å². The Morgan fingerprint density at radius 3 is 2.76 bits per heavy atom. The van der Waals surface area contributed by atoms with Crippen molar-refractivity contribution in [2.75, 3.05) is 38.2 Å². The molecule has 1 N–H and O–H groups in total. The van der Waals surface area contributed by atoms with Gasteiger partial charge < -0.3 is 24.4 Å². The molecule has 1 fully saturated rings. The number of nitrogens with one attached hydrogen (secondary N) is 1. The number of hydrogen-bond donors (Lipinski definition) is 1. The lowest BCUT2D eigenvalue weighted by Crippen LogP contribution is -2.42. The molecule has 0 radical (unpaired) electrons. The Bertz CT molecular complexity index is 1400. The van der Waals surface area contributed by atoms with E-state index in [2.05, 4.69) is 20.4 Å². The summed E-state index contributed by atoms with van der Waals surface area (Å²) >= 11 is 1.33. The van der Waals surface area contributed by atoms with Crippen LogP contribution in [-0.4, -0.2) is 80.9 Å². The number of fused-ring (bicyclic) bond motifs is 6. The van der Waals surface area contributed by atoms with E-state index in [1.54, 1.807) is 39.5 Å². The lowest BCUT2D eigenvalue weighted by Gasteiger charge is -2.33. The molecule has 218 valence electrons. The molecular weight excluding hydrogens is 548 g/mol. The highest BCUT2D eigenvalue weighted by molar-refractivity contribution is 7.13. The van der Waals surface area contributed by atoms with E-state index in [4.69, 9.17) is 14.2 Å². The molecule has 0 aromatic carbocycles. The monoisotopic (exact) mass is 582 g/mol. The number of aromatic nitrogens is 4. The molecule has 41 heavy (non-hydrogen) atoms. The van der Waals surface area contributed by atoms with Crippen LogP contribution in [0.2, 0.25) is 0 Å². The summed E-state index contributed by atoms with van der Waals surface area (Å²) in [6, 6.07) is 3.54. The zero-order valence-corrected chi connectivity index (χ0v) is 24.2. The van der Waals surface area contributed by atoms with E-state index >= 15 is 0 Å². The normalized spacial score (nSPS) is 17.6. The average Bonchev–Trinajstić information content (AvgIpc) is 3.60. The highest BCUT2D eigenvalue weighted by Gasteiger charge is 2.29. The molecule has 0 spiro atoms. The van der Waals surface area contributed by atoms with E-state index in [1.807, 2.05) is 20.8 Å². The first-order valence-corrected chi connectivity index (χ1v) is 14.6. The van der Waals surface area contributed by atoms with Crippen LogP contribution in [0.25, 0.3) is 10.6 Å². The second-order valence-corrected chi connectivity index (χ2v) is 11.8. The Morgan fingerprint density at radius 1 is 1.17 bits per heavy atom. The summed E-state index contributed by atoms with van der Waals surface area (Å²) < 4.78 is 18.6. The minimum Gasteiger partial charge on any atom is -0.475 e. The summed E-state index contributed by atoms with van der Waals surface area (Å²) in [5, 5.41) is 9.79. The molecule has 4 bridgehead atoms. The highest BCUT2D eigenvalue weighted by Crippen LogP contribution is 2.29. The van der Waals surface area contributed by atoms with Gasteiger partial charge in [0.1, 0.15) is 22.9 Å². The van der Waals surface area contributed by atoms with Gasteiger partial charge in [-0.1, -0.05) is 0 Å². The van der Waals surface area contributed by atoms with Gasteiger partial charge in [0.2, 0.25) is 5.88 Å². The molecule has 12 nitrogen and oxygen atoms in total. The van der Waals surface area contributed by atoms with Crippen molar-refractivity contribution in [2.24, 2.45) is 0 Å². The van der Waals surface area contributed by atoms with Gasteiger partial charge in [-0.05, 0) is 46.1 Å². The van der Waals surface area contributed by atoms with Crippen LogP contribution < -0.4 is 10.1 Å². The van der Waals surface area contributed by atoms with Crippen LogP contribution >= 0.6 is 11.3 Å². The van der Waals surface area contributed by atoms with E-state index in [9.17, 15) is 14.4 Å². The van der Waals surface area contributed by atoms with Crippen LogP contribution in [0.3, 0.4) is 0 Å². The Hall–Kier alpha value is -3.84. The first kappa shape index (κ1) is 28.7. The van der Waals surface area contributed by atoms with E-state index in [0.717, 1.165) is 5.56 Å². The molecule has 1 saturated heterocycles. The number of Topliss-reactive ketones (excluding diaryl/α,β-unsaturated/α-hetero) is 1. The topological polar surface area (TPSA) is 138 Å². The summed E-state index contributed by atoms with van der Waals surface area (Å²) in [4.78, 5) is 49.3. The van der Waals surface area contributed by atoms with Gasteiger partial charge in [-0.2, -0.15) is 5.10 Å². The standard InChI is InChI=1S/C28H34N6O6S/c1-28(2,3)40-27(37)33-10-7-19(8-11-33)34-16-20-24(32-34)22(35)5-4-12-38-13-14-39-23-15-18(6-9-29-23)26-31-21(17-41-26)25(36)30-20/h6,9,15-17,19H,4-5,7-8,10-14H2,1-3H3,(H,30,36). The molecule has 2 aliphatic heterocycles. The average molecular weight is 583 g/mol. The van der Waals surface area contributed by atoms with Gasteiger partial charge in [-0.25, -0.2) is 14.8 Å². The van der Waals surface area contributed by atoms with Crippen LogP contribution in [-0.2, 0) is 9.47 Å². The predicted octanol–water partition coefficient (Wildman–Crippen LogP) is 4.60. The number of nitrogens with zero attached hydrogens (tertiary/aromatic N) is 5. The third-order valence-corrected chi connectivity index (χ3v) is 7.51. The lowest BCUT2D eigenvalue weighted by molar-refractivity contribution is 0.0184. The molecule has 2 aliphatic rings. The van der Waals surface area contributed by atoms with Crippen molar-refractivity contribution >= 4 is 34.8 Å². The maximum atomic E-state index is 13.2. The summed E-state index contributed by atoms with van der Waals surface area (Å²) in [5.74, 6) is -0.183. The number of rotatable bonds is 1. The first-order chi connectivity index (χ1) is 19.7. The summed E-state index contributed by atoms with van der Waals surface area (Å²) in [6.45, 7) is 7.59. The Kier molecular flexibility index (Phi) is 8.64. The van der Waals surface area contributed by atoms with Gasteiger partial charge >= 0.3 is 6.09 Å². The van der Waals surface area contributed by atoms with Gasteiger partial charge in [0, 0.05) is 55.5 Å². The maximum Gasteiger partial charge on any atom is 0.410 e. The number of ketones is 1. The molecule has 0 atom stereocenters. The van der Waals surface area contributed by atoms with E-state index in [1.165, 1.54) is 11.3 Å². The van der Waals surface area contributed by atoms with Crippen LogP contribution in [0, 0.1) is 0 Å². The molecule has 0 unspecified atom stereocenters. The Morgan fingerprint density at radius 2 is 1.98 bits per heavy atom. The fourth-order valence-electron chi connectivity index (χ4n) is 4.59. The fourth-order valence-corrected chi connectivity index (χ4v) is 5.39. The second-order valence-electron chi connectivity index (χ2n) is 10.9. The predicted molar refractivity (Wildman–Crippen MR) is 151 cm³/mol. The number of amides is 2. The van der Waals surface area contributed by atoms with Crippen LogP contribution in [0.4, 0.5) is 10.5 Å². The van der Waals surface area contributed by atoms with Gasteiger partial charge in [0.05, 0.1) is 18.3 Å². The largest absolute Gasteiger partial charge is 0.475 e.